The standard InChI is InChI=1S/C10H17N3O5/c1-16-7-8-9(10(15)17-2)11-12-13(8)3-5-18-6-4-14/h14H,3-7H2,1-2H3. The Hall–Kier alpha value is -1.51. The number of aromatic nitrogens is 3. The number of aliphatic hydroxyl groups is 1. The SMILES string of the molecule is COCc1c(C(=O)OC)nnn1CCOCCO. The van der Waals surface area contributed by atoms with Gasteiger partial charge in [0.05, 0.1) is 45.8 Å². The summed E-state index contributed by atoms with van der Waals surface area (Å²) < 4.78 is 16.2. The Balaban J connectivity index is 2.71. The van der Waals surface area contributed by atoms with Crippen molar-refractivity contribution in [1.29, 1.82) is 0 Å². The van der Waals surface area contributed by atoms with E-state index in [2.05, 4.69) is 15.0 Å². The molecule has 0 bridgehead atoms. The van der Waals surface area contributed by atoms with Crippen molar-refractivity contribution in [2.45, 2.75) is 13.2 Å². The van der Waals surface area contributed by atoms with Crippen molar-refractivity contribution in [1.82, 2.24) is 15.0 Å². The minimum Gasteiger partial charge on any atom is -0.464 e. The average molecular weight is 259 g/mol. The van der Waals surface area contributed by atoms with E-state index in [1.807, 2.05) is 0 Å². The average Bonchev–Trinajstić information content (AvgIpc) is 2.77. The van der Waals surface area contributed by atoms with Gasteiger partial charge in [0.25, 0.3) is 0 Å². The van der Waals surface area contributed by atoms with E-state index in [0.717, 1.165) is 0 Å². The highest BCUT2D eigenvalue weighted by atomic mass is 16.5. The Morgan fingerprint density at radius 2 is 2.17 bits per heavy atom. The molecule has 102 valence electrons. The van der Waals surface area contributed by atoms with Crippen molar-refractivity contribution < 1.29 is 24.1 Å². The number of carbonyl (C=O) groups excluding carboxylic acids is 1. The molecule has 1 aromatic rings. The molecular formula is C10H17N3O5. The molecule has 0 aromatic carbocycles. The highest BCUT2D eigenvalue weighted by Crippen LogP contribution is 2.08. The molecule has 0 saturated heterocycles. The summed E-state index contributed by atoms with van der Waals surface area (Å²) in [5.74, 6) is -0.551. The summed E-state index contributed by atoms with van der Waals surface area (Å²) in [5.41, 5.74) is 0.679. The molecule has 0 radical (unpaired) electrons. The van der Waals surface area contributed by atoms with Crippen LogP contribution in [0.4, 0.5) is 0 Å². The van der Waals surface area contributed by atoms with E-state index in [1.54, 1.807) is 0 Å². The van der Waals surface area contributed by atoms with E-state index in [-0.39, 0.29) is 25.5 Å². The largest absolute Gasteiger partial charge is 0.464 e. The van der Waals surface area contributed by atoms with Gasteiger partial charge in [-0.05, 0) is 0 Å². The van der Waals surface area contributed by atoms with Gasteiger partial charge >= 0.3 is 5.97 Å². The lowest BCUT2D eigenvalue weighted by Gasteiger charge is -2.06. The molecule has 0 atom stereocenters. The van der Waals surface area contributed by atoms with Gasteiger partial charge in [0.1, 0.15) is 0 Å². The minimum absolute atomic E-state index is 0.0320. The van der Waals surface area contributed by atoms with Crippen molar-refractivity contribution in [3.05, 3.63) is 11.4 Å². The zero-order valence-corrected chi connectivity index (χ0v) is 10.5. The molecule has 8 nitrogen and oxygen atoms in total. The molecule has 1 rings (SSSR count). The molecule has 0 saturated carbocycles. The molecule has 0 aliphatic rings. The first kappa shape index (κ1) is 14.6. The van der Waals surface area contributed by atoms with Crippen LogP contribution in [0.15, 0.2) is 0 Å². The van der Waals surface area contributed by atoms with Gasteiger partial charge in [0, 0.05) is 7.11 Å². The molecule has 1 heterocycles. The number of ether oxygens (including phenoxy) is 3. The Morgan fingerprint density at radius 1 is 1.39 bits per heavy atom. The fourth-order valence-corrected chi connectivity index (χ4v) is 1.36. The van der Waals surface area contributed by atoms with Crippen LogP contribution in [0.2, 0.25) is 0 Å². The Labute approximate surface area is 104 Å². The third-order valence-electron chi connectivity index (χ3n) is 2.18. The number of carbonyl (C=O) groups is 1. The Kier molecular flexibility index (Phi) is 6.26. The second kappa shape index (κ2) is 7.75. The lowest BCUT2D eigenvalue weighted by atomic mass is 10.3. The van der Waals surface area contributed by atoms with Gasteiger partial charge in [-0.2, -0.15) is 0 Å². The van der Waals surface area contributed by atoms with Gasteiger partial charge in [-0.25, -0.2) is 9.48 Å². The van der Waals surface area contributed by atoms with E-state index in [9.17, 15) is 4.79 Å². The van der Waals surface area contributed by atoms with Gasteiger partial charge in [0.2, 0.25) is 0 Å². The Bertz CT molecular complexity index is 380. The Morgan fingerprint density at radius 3 is 2.78 bits per heavy atom. The zero-order chi connectivity index (χ0) is 13.4. The van der Waals surface area contributed by atoms with Crippen LogP contribution in [0.3, 0.4) is 0 Å². The van der Waals surface area contributed by atoms with Crippen LogP contribution in [0.25, 0.3) is 0 Å². The van der Waals surface area contributed by atoms with Gasteiger partial charge in [-0.1, -0.05) is 5.21 Å². The fourth-order valence-electron chi connectivity index (χ4n) is 1.36. The van der Waals surface area contributed by atoms with Crippen molar-refractivity contribution in [3.63, 3.8) is 0 Å². The smallest absolute Gasteiger partial charge is 0.360 e. The predicted molar refractivity (Wildman–Crippen MR) is 60.0 cm³/mol. The third-order valence-corrected chi connectivity index (χ3v) is 2.18. The first-order valence-electron chi connectivity index (χ1n) is 5.42. The monoisotopic (exact) mass is 259 g/mol. The second-order valence-corrected chi connectivity index (χ2v) is 3.37. The molecule has 0 aliphatic heterocycles. The zero-order valence-electron chi connectivity index (χ0n) is 10.5. The maximum atomic E-state index is 11.4. The molecule has 18 heavy (non-hydrogen) atoms. The number of hydrogen-bond donors (Lipinski definition) is 1. The summed E-state index contributed by atoms with van der Waals surface area (Å²) in [7, 11) is 2.79. The lowest BCUT2D eigenvalue weighted by Crippen LogP contribution is -2.14. The molecular weight excluding hydrogens is 242 g/mol. The van der Waals surface area contributed by atoms with Crippen LogP contribution in [-0.2, 0) is 27.4 Å². The maximum absolute atomic E-state index is 11.4. The number of nitrogens with zero attached hydrogens (tertiary/aromatic N) is 3. The highest BCUT2D eigenvalue weighted by Gasteiger charge is 2.19. The molecule has 8 heteroatoms. The third kappa shape index (κ3) is 3.76. The number of esters is 1. The number of methoxy groups -OCH3 is 2. The molecule has 0 aliphatic carbocycles. The van der Waals surface area contributed by atoms with Crippen LogP contribution in [0, 0.1) is 0 Å². The molecule has 0 unspecified atom stereocenters. The van der Waals surface area contributed by atoms with Crippen LogP contribution >= 0.6 is 0 Å². The summed E-state index contributed by atoms with van der Waals surface area (Å²) in [5, 5.41) is 16.2. The normalized spacial score (nSPS) is 10.6. The van der Waals surface area contributed by atoms with Crippen LogP contribution < -0.4 is 0 Å². The van der Waals surface area contributed by atoms with Crippen LogP contribution in [0.5, 0.6) is 0 Å². The van der Waals surface area contributed by atoms with Crippen molar-refractivity contribution in [2.75, 3.05) is 34.0 Å². The summed E-state index contributed by atoms with van der Waals surface area (Å²) in [6.07, 6.45) is 0. The van der Waals surface area contributed by atoms with E-state index >= 15 is 0 Å². The first-order chi connectivity index (χ1) is 8.74. The predicted octanol–water partition coefficient (Wildman–Crippen LogP) is -0.780. The lowest BCUT2D eigenvalue weighted by molar-refractivity contribution is 0.0587. The number of aliphatic hydroxyl groups excluding tert-OH is 1. The topological polar surface area (TPSA) is 95.7 Å². The first-order valence-corrected chi connectivity index (χ1v) is 5.42. The molecule has 1 aromatic heterocycles. The van der Waals surface area contributed by atoms with E-state index < -0.39 is 5.97 Å². The summed E-state index contributed by atoms with van der Waals surface area (Å²) >= 11 is 0. The maximum Gasteiger partial charge on any atom is 0.360 e. The minimum atomic E-state index is -0.551. The van der Waals surface area contributed by atoms with E-state index in [1.165, 1.54) is 18.9 Å². The van der Waals surface area contributed by atoms with Crippen LogP contribution in [-0.4, -0.2) is 60.1 Å². The summed E-state index contributed by atoms with van der Waals surface area (Å²) in [6.45, 7) is 1.22. The van der Waals surface area contributed by atoms with Crippen molar-refractivity contribution in [3.8, 4) is 0 Å². The molecule has 0 fully saturated rings. The molecule has 1 N–H and O–H groups in total. The van der Waals surface area contributed by atoms with Gasteiger partial charge < -0.3 is 19.3 Å². The van der Waals surface area contributed by atoms with Gasteiger partial charge in [-0.15, -0.1) is 5.10 Å². The molecule has 0 amide bonds. The van der Waals surface area contributed by atoms with Gasteiger partial charge in [0.15, 0.2) is 5.69 Å². The second-order valence-electron chi connectivity index (χ2n) is 3.37. The summed E-state index contributed by atoms with van der Waals surface area (Å²) in [4.78, 5) is 11.4. The van der Waals surface area contributed by atoms with Crippen LogP contribution in [0.1, 0.15) is 16.2 Å². The number of hydrogen-bond acceptors (Lipinski definition) is 7. The number of rotatable bonds is 8. The molecule has 0 spiro atoms. The van der Waals surface area contributed by atoms with Crippen molar-refractivity contribution in [2.24, 2.45) is 0 Å². The van der Waals surface area contributed by atoms with E-state index in [0.29, 0.717) is 18.8 Å². The van der Waals surface area contributed by atoms with E-state index in [4.69, 9.17) is 14.6 Å². The van der Waals surface area contributed by atoms with Crippen molar-refractivity contribution >= 4 is 5.97 Å². The highest BCUT2D eigenvalue weighted by molar-refractivity contribution is 5.88. The quantitative estimate of drug-likeness (QED) is 0.483. The van der Waals surface area contributed by atoms with Gasteiger partial charge in [-0.3, -0.25) is 0 Å². The summed E-state index contributed by atoms with van der Waals surface area (Å²) in [6, 6.07) is 0. The fraction of sp³-hybridized carbons (Fsp3) is 0.700.